The third kappa shape index (κ3) is 8.91. The van der Waals surface area contributed by atoms with Crippen LogP contribution in [0.1, 0.15) is 76.5 Å². The van der Waals surface area contributed by atoms with Gasteiger partial charge in [0.05, 0.1) is 12.3 Å². The number of halogens is 2. The van der Waals surface area contributed by atoms with Crippen molar-refractivity contribution < 1.29 is 13.5 Å². The molecule has 2 aromatic carbocycles. The maximum absolute atomic E-state index is 15.8. The summed E-state index contributed by atoms with van der Waals surface area (Å²) in [5.41, 5.74) is 3.11. The van der Waals surface area contributed by atoms with E-state index in [1.165, 1.54) is 11.9 Å². The van der Waals surface area contributed by atoms with Crippen LogP contribution in [0.2, 0.25) is 0 Å². The molecule has 0 amide bonds. The lowest BCUT2D eigenvalue weighted by Gasteiger charge is -2.22. The van der Waals surface area contributed by atoms with Gasteiger partial charge < -0.3 is 15.4 Å². The Bertz CT molecular complexity index is 1330. The summed E-state index contributed by atoms with van der Waals surface area (Å²) < 4.78 is 41.2. The van der Waals surface area contributed by atoms with Crippen LogP contribution in [0.3, 0.4) is 0 Å². The number of hydrogen-bond acceptors (Lipinski definition) is 6. The van der Waals surface area contributed by atoms with Gasteiger partial charge in [0.1, 0.15) is 11.2 Å². The predicted molar refractivity (Wildman–Crippen MR) is 177 cm³/mol. The monoisotopic (exact) mass is 611 g/mol. The SMILES string of the molecule is C=C/C1=C\C(=C/C)NCCCCCC(F)(F)c2ccccc2C2=C(c3cccc(OCCC(C)(C)C)c3)SC(NS1)N2. The summed E-state index contributed by atoms with van der Waals surface area (Å²) >= 11 is 3.04. The van der Waals surface area contributed by atoms with Crippen LogP contribution in [0, 0.1) is 5.41 Å². The molecule has 0 fully saturated rings. The van der Waals surface area contributed by atoms with E-state index in [9.17, 15) is 0 Å². The minimum Gasteiger partial charge on any atom is -0.494 e. The molecule has 8 heteroatoms. The Balaban J connectivity index is 1.72. The fourth-order valence-corrected chi connectivity index (χ4v) is 6.62. The van der Waals surface area contributed by atoms with E-state index < -0.39 is 5.92 Å². The van der Waals surface area contributed by atoms with Crippen LogP contribution >= 0.6 is 23.7 Å². The third-order valence-corrected chi connectivity index (χ3v) is 9.31. The Morgan fingerprint density at radius 1 is 1.10 bits per heavy atom. The first-order valence-electron chi connectivity index (χ1n) is 14.6. The Kier molecular flexibility index (Phi) is 11.3. The Hall–Kier alpha value is -2.68. The molecular formula is C34H43F2N3OS2. The number of hydrogen-bond donors (Lipinski definition) is 3. The van der Waals surface area contributed by atoms with Gasteiger partial charge in [0.2, 0.25) is 0 Å². The molecule has 0 saturated heterocycles. The van der Waals surface area contributed by atoms with Crippen molar-refractivity contribution in [2.45, 2.75) is 71.2 Å². The smallest absolute Gasteiger partial charge is 0.273 e. The van der Waals surface area contributed by atoms with Gasteiger partial charge in [-0.15, -0.1) is 0 Å². The second-order valence-corrected chi connectivity index (χ2v) is 13.8. The molecule has 0 saturated carbocycles. The standard InChI is InChI=1S/C34H43F2N3OS2/c1-6-25-23-27(7-2)42-39-32-38-30(28-16-9-10-17-29(28)34(35,36)18-11-8-12-20-37-25)31(41-32)24-14-13-15-26(22-24)40-21-19-33(3,4)5/h6-7,9-10,13-17,22-23,32,37-39H,2,8,11-12,18-21H2,1,3-5H3/b25-6+,27-23+. The summed E-state index contributed by atoms with van der Waals surface area (Å²) in [6.07, 6.45) is 8.62. The summed E-state index contributed by atoms with van der Waals surface area (Å²) in [6.45, 7) is 13.9. The van der Waals surface area contributed by atoms with E-state index in [4.69, 9.17) is 4.74 Å². The lowest BCUT2D eigenvalue weighted by molar-refractivity contribution is -0.0160. The molecule has 4 rings (SSSR count). The van der Waals surface area contributed by atoms with Crippen LogP contribution in [-0.4, -0.2) is 18.6 Å². The number of ether oxygens (including phenoxy) is 1. The molecule has 1 atom stereocenters. The molecule has 0 radical (unpaired) electrons. The van der Waals surface area contributed by atoms with E-state index in [-0.39, 0.29) is 22.9 Å². The van der Waals surface area contributed by atoms with Gasteiger partial charge in [-0.2, -0.15) is 0 Å². The minimum atomic E-state index is -2.95. The number of allylic oxidation sites excluding steroid dienone is 3. The van der Waals surface area contributed by atoms with Gasteiger partial charge in [-0.05, 0) is 67.3 Å². The van der Waals surface area contributed by atoms with Crippen molar-refractivity contribution in [1.29, 1.82) is 0 Å². The minimum absolute atomic E-state index is 0.0572. The van der Waals surface area contributed by atoms with Gasteiger partial charge in [-0.3, -0.25) is 0 Å². The molecule has 2 heterocycles. The van der Waals surface area contributed by atoms with Crippen LogP contribution < -0.4 is 20.1 Å². The number of thioether (sulfide) groups is 1. The van der Waals surface area contributed by atoms with E-state index in [0.717, 1.165) is 52.6 Å². The lowest BCUT2D eigenvalue weighted by Crippen LogP contribution is -2.31. The average molecular weight is 612 g/mol. The fraction of sp³-hybridized carbons (Fsp3) is 0.412. The van der Waals surface area contributed by atoms with Gasteiger partial charge in [0.15, 0.2) is 0 Å². The highest BCUT2D eigenvalue weighted by molar-refractivity contribution is 8.10. The van der Waals surface area contributed by atoms with Gasteiger partial charge in [-0.25, -0.2) is 13.5 Å². The molecule has 2 aliphatic rings. The summed E-state index contributed by atoms with van der Waals surface area (Å²) in [4.78, 5) is 1.86. The maximum atomic E-state index is 15.8. The van der Waals surface area contributed by atoms with E-state index in [0.29, 0.717) is 24.3 Å². The third-order valence-electron chi connectivity index (χ3n) is 7.14. The van der Waals surface area contributed by atoms with Crippen molar-refractivity contribution >= 4 is 34.3 Å². The van der Waals surface area contributed by atoms with Gasteiger partial charge in [0, 0.05) is 39.6 Å². The summed E-state index contributed by atoms with van der Waals surface area (Å²) in [7, 11) is 0. The van der Waals surface area contributed by atoms with Crippen molar-refractivity contribution in [3.63, 3.8) is 0 Å². The normalized spacial score (nSPS) is 22.3. The predicted octanol–water partition coefficient (Wildman–Crippen LogP) is 9.41. The Morgan fingerprint density at radius 2 is 1.90 bits per heavy atom. The number of benzene rings is 2. The van der Waals surface area contributed by atoms with Crippen molar-refractivity contribution in [2.75, 3.05) is 13.2 Å². The molecule has 0 aliphatic carbocycles. The first kappa shape index (κ1) is 32.2. The number of nitrogens with one attached hydrogen (secondary N) is 3. The lowest BCUT2D eigenvalue weighted by atomic mass is 9.93. The van der Waals surface area contributed by atoms with Crippen molar-refractivity contribution in [2.24, 2.45) is 5.41 Å². The summed E-state index contributed by atoms with van der Waals surface area (Å²) in [5, 5.41) is 6.95. The second kappa shape index (κ2) is 14.7. The maximum Gasteiger partial charge on any atom is 0.273 e. The molecular weight excluding hydrogens is 569 g/mol. The molecule has 3 N–H and O–H groups in total. The average Bonchev–Trinajstić information content (AvgIpc) is 3.39. The molecule has 2 aromatic rings. The fourth-order valence-electron chi connectivity index (χ4n) is 4.75. The molecule has 2 aliphatic heterocycles. The van der Waals surface area contributed by atoms with E-state index in [1.807, 2.05) is 49.4 Å². The van der Waals surface area contributed by atoms with Gasteiger partial charge in [-0.1, -0.05) is 94.1 Å². The van der Waals surface area contributed by atoms with E-state index >= 15 is 8.78 Å². The molecule has 226 valence electrons. The van der Waals surface area contributed by atoms with Crippen LogP contribution in [0.5, 0.6) is 5.75 Å². The van der Waals surface area contributed by atoms with E-state index in [1.54, 1.807) is 30.0 Å². The number of fused-ring (bicyclic) bond motifs is 4. The van der Waals surface area contributed by atoms with Crippen LogP contribution in [0.15, 0.2) is 83.9 Å². The van der Waals surface area contributed by atoms with E-state index in [2.05, 4.69) is 48.8 Å². The van der Waals surface area contributed by atoms with Gasteiger partial charge in [0.25, 0.3) is 5.92 Å². The zero-order valence-corrected chi connectivity index (χ0v) is 26.7. The molecule has 0 spiro atoms. The number of rotatable bonds is 5. The van der Waals surface area contributed by atoms with Crippen LogP contribution in [0.4, 0.5) is 8.78 Å². The molecule has 4 nitrogen and oxygen atoms in total. The van der Waals surface area contributed by atoms with Crippen molar-refractivity contribution in [3.05, 3.63) is 101 Å². The highest BCUT2D eigenvalue weighted by Gasteiger charge is 2.36. The highest BCUT2D eigenvalue weighted by Crippen LogP contribution is 2.46. The quantitative estimate of drug-likeness (QED) is 0.293. The Morgan fingerprint density at radius 3 is 2.67 bits per heavy atom. The first-order chi connectivity index (χ1) is 20.1. The van der Waals surface area contributed by atoms with Crippen LogP contribution in [0.25, 0.3) is 10.6 Å². The van der Waals surface area contributed by atoms with Crippen molar-refractivity contribution in [1.82, 2.24) is 15.4 Å². The number of alkyl halides is 2. The molecule has 42 heavy (non-hydrogen) atoms. The van der Waals surface area contributed by atoms with Crippen molar-refractivity contribution in [3.8, 4) is 5.75 Å². The molecule has 2 bridgehead atoms. The largest absolute Gasteiger partial charge is 0.494 e. The Labute approximate surface area is 258 Å². The summed E-state index contributed by atoms with van der Waals surface area (Å²) in [6, 6.07) is 14.8. The zero-order valence-electron chi connectivity index (χ0n) is 25.1. The highest BCUT2D eigenvalue weighted by atomic mass is 32.2. The second-order valence-electron chi connectivity index (χ2n) is 11.7. The first-order valence-corrected chi connectivity index (χ1v) is 16.3. The molecule has 0 aromatic heterocycles. The topological polar surface area (TPSA) is 45.3 Å². The zero-order chi connectivity index (χ0) is 30.2. The summed E-state index contributed by atoms with van der Waals surface area (Å²) in [5.74, 6) is -2.18. The van der Waals surface area contributed by atoms with Crippen LogP contribution in [-0.2, 0) is 5.92 Å². The van der Waals surface area contributed by atoms with Gasteiger partial charge >= 0.3 is 0 Å². The molecule has 1 unspecified atom stereocenters.